The Kier molecular flexibility index (Phi) is 3.85. The number of aromatic nitrogens is 4. The lowest BCUT2D eigenvalue weighted by Crippen LogP contribution is -2.23. The summed E-state index contributed by atoms with van der Waals surface area (Å²) >= 11 is 6.00. The molecule has 7 heteroatoms. The normalized spacial score (nSPS) is 11.0. The van der Waals surface area contributed by atoms with E-state index in [1.165, 1.54) is 4.57 Å². The van der Waals surface area contributed by atoms with E-state index in [2.05, 4.69) is 9.97 Å². The van der Waals surface area contributed by atoms with Crippen LogP contribution in [0.4, 0.5) is 0 Å². The van der Waals surface area contributed by atoms with E-state index in [0.717, 1.165) is 11.3 Å². The van der Waals surface area contributed by atoms with Crippen LogP contribution in [0.1, 0.15) is 12.5 Å². The number of benzene rings is 1. The van der Waals surface area contributed by atoms with Crippen LogP contribution in [0.25, 0.3) is 11.2 Å². The van der Waals surface area contributed by atoms with E-state index < -0.39 is 0 Å². The van der Waals surface area contributed by atoms with Crippen LogP contribution in [0.3, 0.4) is 0 Å². The summed E-state index contributed by atoms with van der Waals surface area (Å²) in [7, 11) is 1.63. The Morgan fingerprint density at radius 3 is 2.68 bits per heavy atom. The Morgan fingerprint density at radius 2 is 2.05 bits per heavy atom. The van der Waals surface area contributed by atoms with Crippen molar-refractivity contribution in [1.29, 1.82) is 0 Å². The molecule has 0 saturated carbocycles. The Hall–Kier alpha value is -2.34. The van der Waals surface area contributed by atoms with Crippen LogP contribution < -0.4 is 10.3 Å². The number of halogens is 1. The first kappa shape index (κ1) is 14.6. The highest BCUT2D eigenvalue weighted by molar-refractivity contribution is 6.28. The minimum absolute atomic E-state index is 0.162. The molecular formula is C15H15ClN4O2. The molecule has 0 atom stereocenters. The van der Waals surface area contributed by atoms with E-state index in [9.17, 15) is 4.79 Å². The molecule has 0 fully saturated rings. The molecule has 1 aromatic carbocycles. The standard InChI is InChI=1S/C15H15ClN4O2/c1-3-20-14(21)12-13(18-15(20)16)17-9-19(12)8-10-4-6-11(22-2)7-5-10/h4-7,9H,3,8H2,1-2H3/i13+2. The zero-order chi connectivity index (χ0) is 15.7. The van der Waals surface area contributed by atoms with E-state index in [-0.39, 0.29) is 10.8 Å². The van der Waals surface area contributed by atoms with Gasteiger partial charge in [0.1, 0.15) is 5.75 Å². The van der Waals surface area contributed by atoms with Crippen LogP contribution in [-0.4, -0.2) is 26.2 Å². The van der Waals surface area contributed by atoms with Gasteiger partial charge in [0, 0.05) is 13.1 Å². The summed E-state index contributed by atoms with van der Waals surface area (Å²) in [5.41, 5.74) is 1.69. The maximum Gasteiger partial charge on any atom is 0.280 e. The summed E-state index contributed by atoms with van der Waals surface area (Å²) < 4.78 is 8.35. The minimum atomic E-state index is -0.177. The maximum absolute atomic E-state index is 12.5. The lowest BCUT2D eigenvalue weighted by molar-refractivity contribution is 0.414. The second-order valence-electron chi connectivity index (χ2n) is 4.82. The Bertz CT molecular complexity index is 868. The maximum atomic E-state index is 12.5. The van der Waals surface area contributed by atoms with Crippen molar-refractivity contribution in [2.75, 3.05) is 7.11 Å². The molecule has 0 saturated heterocycles. The van der Waals surface area contributed by atoms with Gasteiger partial charge in [0.15, 0.2) is 11.2 Å². The fraction of sp³-hybridized carbons (Fsp3) is 0.267. The lowest BCUT2D eigenvalue weighted by Gasteiger charge is -2.08. The number of rotatable bonds is 4. The molecule has 0 amide bonds. The van der Waals surface area contributed by atoms with Crippen LogP contribution in [0.2, 0.25) is 5.28 Å². The van der Waals surface area contributed by atoms with Gasteiger partial charge >= 0.3 is 0 Å². The molecule has 0 N–H and O–H groups in total. The molecule has 0 bridgehead atoms. The van der Waals surface area contributed by atoms with Gasteiger partial charge in [-0.2, -0.15) is 4.98 Å². The van der Waals surface area contributed by atoms with Gasteiger partial charge < -0.3 is 9.30 Å². The lowest BCUT2D eigenvalue weighted by atomic mass is 10.2. The predicted octanol–water partition coefficient (Wildman–Crippen LogP) is 2.32. The number of hydrogen-bond donors (Lipinski definition) is 0. The summed E-state index contributed by atoms with van der Waals surface area (Å²) in [5.74, 6) is 0.793. The zero-order valence-electron chi connectivity index (χ0n) is 12.3. The molecule has 0 aliphatic heterocycles. The highest BCUT2D eigenvalue weighted by Gasteiger charge is 2.13. The van der Waals surface area contributed by atoms with Crippen molar-refractivity contribution in [1.82, 2.24) is 19.1 Å². The molecule has 3 aromatic rings. The number of fused-ring (bicyclic) bond motifs is 1. The largest absolute Gasteiger partial charge is 0.497 e. The van der Waals surface area contributed by atoms with Gasteiger partial charge in [0.2, 0.25) is 5.28 Å². The average molecular weight is 321 g/mol. The molecule has 2 heterocycles. The van der Waals surface area contributed by atoms with E-state index in [4.69, 9.17) is 16.3 Å². The van der Waals surface area contributed by atoms with Crippen molar-refractivity contribution >= 4 is 22.8 Å². The van der Waals surface area contributed by atoms with Crippen molar-refractivity contribution < 1.29 is 4.74 Å². The Morgan fingerprint density at radius 1 is 1.32 bits per heavy atom. The third kappa shape index (κ3) is 2.46. The van der Waals surface area contributed by atoms with E-state index >= 15 is 0 Å². The fourth-order valence-electron chi connectivity index (χ4n) is 2.35. The second kappa shape index (κ2) is 5.81. The predicted molar refractivity (Wildman–Crippen MR) is 84.6 cm³/mol. The number of methoxy groups -OCH3 is 1. The molecule has 22 heavy (non-hydrogen) atoms. The first-order chi connectivity index (χ1) is 10.6. The van der Waals surface area contributed by atoms with Crippen LogP contribution in [0.15, 0.2) is 35.4 Å². The van der Waals surface area contributed by atoms with Gasteiger partial charge in [-0.15, -0.1) is 0 Å². The molecule has 0 aliphatic rings. The van der Waals surface area contributed by atoms with Crippen molar-refractivity contribution in [3.8, 4) is 5.75 Å². The molecule has 6 nitrogen and oxygen atoms in total. The molecule has 0 radical (unpaired) electrons. The summed E-state index contributed by atoms with van der Waals surface area (Å²) in [6.45, 7) is 2.85. The molecule has 0 unspecified atom stereocenters. The smallest absolute Gasteiger partial charge is 0.280 e. The van der Waals surface area contributed by atoms with Gasteiger partial charge in [-0.05, 0) is 36.2 Å². The minimum Gasteiger partial charge on any atom is -0.497 e. The van der Waals surface area contributed by atoms with Crippen molar-refractivity contribution in [2.45, 2.75) is 20.0 Å². The summed E-state index contributed by atoms with van der Waals surface area (Å²) in [6, 6.07) is 7.67. The van der Waals surface area contributed by atoms with Crippen LogP contribution >= 0.6 is 11.6 Å². The third-order valence-corrected chi connectivity index (χ3v) is 3.80. The molecule has 0 aliphatic carbocycles. The SMILES string of the molecule is CCn1c(Cl)n[14c]2ncn(Cc3ccc(OC)cc3)c2c1=O. The van der Waals surface area contributed by atoms with Gasteiger partial charge in [0.25, 0.3) is 5.56 Å². The third-order valence-electron chi connectivity index (χ3n) is 3.52. The number of ether oxygens (including phenoxy) is 1. The fourth-order valence-corrected chi connectivity index (χ4v) is 2.63. The van der Waals surface area contributed by atoms with E-state index in [1.807, 2.05) is 31.2 Å². The first-order valence-electron chi connectivity index (χ1n) is 6.88. The molecular weight excluding hydrogens is 306 g/mol. The first-order valence-corrected chi connectivity index (χ1v) is 7.26. The second-order valence-corrected chi connectivity index (χ2v) is 5.16. The van der Waals surface area contributed by atoms with Crippen molar-refractivity contribution in [2.24, 2.45) is 0 Å². The van der Waals surface area contributed by atoms with Gasteiger partial charge in [-0.1, -0.05) is 12.1 Å². The van der Waals surface area contributed by atoms with Gasteiger partial charge in [-0.25, -0.2) is 4.98 Å². The molecule has 3 rings (SSSR count). The van der Waals surface area contributed by atoms with Crippen LogP contribution in [-0.2, 0) is 13.1 Å². The summed E-state index contributed by atoms with van der Waals surface area (Å²) in [4.78, 5) is 20.9. The van der Waals surface area contributed by atoms with Gasteiger partial charge in [-0.3, -0.25) is 9.36 Å². The van der Waals surface area contributed by atoms with E-state index in [1.54, 1.807) is 18.0 Å². The highest BCUT2D eigenvalue weighted by atomic mass is 35.5. The number of imidazole rings is 1. The van der Waals surface area contributed by atoms with Gasteiger partial charge in [0.05, 0.1) is 13.4 Å². The topological polar surface area (TPSA) is 61.9 Å². The molecule has 2 aromatic heterocycles. The highest BCUT2D eigenvalue weighted by Crippen LogP contribution is 2.15. The van der Waals surface area contributed by atoms with Crippen LogP contribution in [0.5, 0.6) is 5.75 Å². The summed E-state index contributed by atoms with van der Waals surface area (Å²) in [6.07, 6.45) is 1.61. The van der Waals surface area contributed by atoms with Crippen molar-refractivity contribution in [3.05, 3.63) is 51.8 Å². The Labute approximate surface area is 131 Å². The number of hydrogen-bond acceptors (Lipinski definition) is 4. The zero-order valence-corrected chi connectivity index (χ0v) is 13.0. The average Bonchev–Trinajstić information content (AvgIpc) is 2.91. The van der Waals surface area contributed by atoms with Crippen LogP contribution in [0, 0.1) is 0 Å². The monoisotopic (exact) mass is 320 g/mol. The number of nitrogens with zero attached hydrogens (tertiary/aromatic N) is 4. The summed E-state index contributed by atoms with van der Waals surface area (Å²) in [5, 5.41) is 0.162. The molecule has 114 valence electrons. The molecule has 0 spiro atoms. The van der Waals surface area contributed by atoms with E-state index in [0.29, 0.717) is 24.3 Å². The Balaban J connectivity index is 2.05. The quantitative estimate of drug-likeness (QED) is 0.692. The van der Waals surface area contributed by atoms with Crippen molar-refractivity contribution in [3.63, 3.8) is 0 Å².